The van der Waals surface area contributed by atoms with Crippen LogP contribution in [0.1, 0.15) is 31.2 Å². The molecule has 1 amide bonds. The summed E-state index contributed by atoms with van der Waals surface area (Å²) in [5.41, 5.74) is -0.856. The molecule has 0 radical (unpaired) electrons. The van der Waals surface area contributed by atoms with Crippen LogP contribution in [-0.2, 0) is 11.0 Å². The van der Waals surface area contributed by atoms with Crippen LogP contribution in [0, 0.1) is 5.92 Å². The van der Waals surface area contributed by atoms with Crippen molar-refractivity contribution < 1.29 is 18.0 Å². The molecule has 1 atom stereocenters. The minimum atomic E-state index is -4.46. The summed E-state index contributed by atoms with van der Waals surface area (Å²) >= 11 is 6.03. The highest BCUT2D eigenvalue weighted by molar-refractivity contribution is 6.33. The number of amides is 1. The number of carbonyl (C=O) groups excluding carboxylic acids is 1. The number of nitrogens with zero attached hydrogens (tertiary/aromatic N) is 3. The molecule has 1 aliphatic carbocycles. The molecule has 1 unspecified atom stereocenters. The number of carbonyl (C=O) groups is 1. The zero-order valence-electron chi connectivity index (χ0n) is 13.3. The van der Waals surface area contributed by atoms with Crippen molar-refractivity contribution in [1.29, 1.82) is 0 Å². The first-order valence-corrected chi connectivity index (χ1v) is 8.39. The quantitative estimate of drug-likeness (QED) is 0.825. The maximum Gasteiger partial charge on any atom is 0.417 e. The van der Waals surface area contributed by atoms with Gasteiger partial charge in [-0.1, -0.05) is 11.6 Å². The molecule has 132 valence electrons. The molecule has 0 spiro atoms. The van der Waals surface area contributed by atoms with Gasteiger partial charge in [0.1, 0.15) is 5.82 Å². The third kappa shape index (κ3) is 3.61. The summed E-state index contributed by atoms with van der Waals surface area (Å²) in [6, 6.07) is 0.944. The first-order valence-electron chi connectivity index (χ1n) is 8.01. The van der Waals surface area contributed by atoms with Gasteiger partial charge in [-0.05, 0) is 31.7 Å². The Balaban J connectivity index is 1.73. The third-order valence-corrected chi connectivity index (χ3v) is 4.95. The van der Waals surface area contributed by atoms with Gasteiger partial charge in [0, 0.05) is 38.3 Å². The van der Waals surface area contributed by atoms with Crippen LogP contribution in [0.5, 0.6) is 0 Å². The normalized spacial score (nSPS) is 21.7. The molecular weight excluding hydrogens is 343 g/mol. The maximum absolute atomic E-state index is 12.7. The van der Waals surface area contributed by atoms with Gasteiger partial charge in [-0.15, -0.1) is 0 Å². The summed E-state index contributed by atoms with van der Waals surface area (Å²) in [4.78, 5) is 19.8. The minimum absolute atomic E-state index is 0.0124. The molecule has 0 aromatic carbocycles. The van der Waals surface area contributed by atoms with Gasteiger partial charge in [-0.2, -0.15) is 13.2 Å². The molecular formula is C16H19ClF3N3O. The Morgan fingerprint density at radius 1 is 1.38 bits per heavy atom. The summed E-state index contributed by atoms with van der Waals surface area (Å²) in [5.74, 6) is 0.660. The number of rotatable bonds is 3. The van der Waals surface area contributed by atoms with E-state index in [0.717, 1.165) is 37.9 Å². The summed E-state index contributed by atoms with van der Waals surface area (Å²) in [6.45, 7) is 1.20. The first-order chi connectivity index (χ1) is 11.3. The van der Waals surface area contributed by atoms with Crippen molar-refractivity contribution >= 4 is 23.3 Å². The van der Waals surface area contributed by atoms with E-state index in [2.05, 4.69) is 4.98 Å². The molecule has 4 nitrogen and oxygen atoms in total. The second kappa shape index (κ2) is 6.43. The molecule has 3 rings (SSSR count). The van der Waals surface area contributed by atoms with Crippen LogP contribution in [0.3, 0.4) is 0 Å². The second-order valence-corrected chi connectivity index (χ2v) is 6.90. The Morgan fingerprint density at radius 2 is 2.08 bits per heavy atom. The lowest BCUT2D eigenvalue weighted by Gasteiger charge is -2.38. The van der Waals surface area contributed by atoms with Crippen molar-refractivity contribution in [2.75, 3.05) is 25.0 Å². The van der Waals surface area contributed by atoms with E-state index in [1.54, 1.807) is 11.9 Å². The van der Waals surface area contributed by atoms with Gasteiger partial charge in [-0.25, -0.2) is 4.98 Å². The monoisotopic (exact) mass is 361 g/mol. The topological polar surface area (TPSA) is 36.4 Å². The first kappa shape index (κ1) is 17.3. The number of aromatic nitrogens is 1. The van der Waals surface area contributed by atoms with Crippen LogP contribution in [0.15, 0.2) is 12.3 Å². The highest BCUT2D eigenvalue weighted by atomic mass is 35.5. The lowest BCUT2D eigenvalue weighted by Crippen LogP contribution is -2.49. The Morgan fingerprint density at radius 3 is 2.67 bits per heavy atom. The van der Waals surface area contributed by atoms with Crippen molar-refractivity contribution in [3.05, 3.63) is 22.8 Å². The van der Waals surface area contributed by atoms with E-state index >= 15 is 0 Å². The Bertz CT molecular complexity index is 633. The zero-order valence-corrected chi connectivity index (χ0v) is 14.1. The number of alkyl halides is 3. The largest absolute Gasteiger partial charge is 0.417 e. The van der Waals surface area contributed by atoms with E-state index in [1.807, 2.05) is 4.90 Å². The Hall–Kier alpha value is -1.50. The van der Waals surface area contributed by atoms with E-state index in [1.165, 1.54) is 0 Å². The van der Waals surface area contributed by atoms with Gasteiger partial charge >= 0.3 is 6.18 Å². The lowest BCUT2D eigenvalue weighted by atomic mass is 10.0. The molecule has 2 aliphatic rings. The average molecular weight is 362 g/mol. The van der Waals surface area contributed by atoms with E-state index in [-0.39, 0.29) is 22.9 Å². The van der Waals surface area contributed by atoms with Gasteiger partial charge in [0.05, 0.1) is 10.6 Å². The van der Waals surface area contributed by atoms with Crippen molar-refractivity contribution in [3.8, 4) is 0 Å². The van der Waals surface area contributed by atoms with Gasteiger partial charge in [-0.3, -0.25) is 4.79 Å². The fourth-order valence-electron chi connectivity index (χ4n) is 3.08. The van der Waals surface area contributed by atoms with Gasteiger partial charge in [0.2, 0.25) is 5.91 Å². The van der Waals surface area contributed by atoms with Crippen molar-refractivity contribution in [3.63, 3.8) is 0 Å². The zero-order chi connectivity index (χ0) is 17.5. The van der Waals surface area contributed by atoms with Crippen molar-refractivity contribution in [2.24, 2.45) is 5.92 Å². The Kier molecular flexibility index (Phi) is 4.64. The van der Waals surface area contributed by atoms with E-state index in [9.17, 15) is 18.0 Å². The molecule has 2 fully saturated rings. The lowest BCUT2D eigenvalue weighted by molar-refractivity contribution is -0.138. The number of pyridine rings is 1. The number of halogens is 4. The molecule has 24 heavy (non-hydrogen) atoms. The van der Waals surface area contributed by atoms with Crippen LogP contribution in [-0.4, -0.2) is 42.0 Å². The molecule has 0 N–H and O–H groups in total. The molecule has 1 aliphatic heterocycles. The number of anilines is 1. The van der Waals surface area contributed by atoms with Gasteiger partial charge in [0.25, 0.3) is 0 Å². The fourth-order valence-corrected chi connectivity index (χ4v) is 3.37. The number of hydrogen-bond acceptors (Lipinski definition) is 3. The standard InChI is InChI=1S/C16H19ClF3N3O/c1-22(15(24)10-4-5-10)12-3-2-6-23(9-12)14-13(17)7-11(8-21-14)16(18,19)20/h7-8,10,12H,2-6,9H2,1H3. The smallest absolute Gasteiger partial charge is 0.353 e. The van der Waals surface area contributed by atoms with Crippen molar-refractivity contribution in [1.82, 2.24) is 9.88 Å². The third-order valence-electron chi connectivity index (χ3n) is 4.67. The minimum Gasteiger partial charge on any atom is -0.353 e. The van der Waals surface area contributed by atoms with Crippen LogP contribution in [0.4, 0.5) is 19.0 Å². The van der Waals surface area contributed by atoms with Crippen molar-refractivity contribution in [2.45, 2.75) is 37.9 Å². The second-order valence-electron chi connectivity index (χ2n) is 6.49. The van der Waals surface area contributed by atoms with Crippen LogP contribution >= 0.6 is 11.6 Å². The molecule has 1 saturated heterocycles. The molecule has 2 heterocycles. The van der Waals surface area contributed by atoms with E-state index in [0.29, 0.717) is 18.9 Å². The van der Waals surface area contributed by atoms with Crippen LogP contribution < -0.4 is 4.90 Å². The highest BCUT2D eigenvalue weighted by Crippen LogP contribution is 2.35. The number of piperidine rings is 1. The predicted octanol–water partition coefficient (Wildman–Crippen LogP) is 3.59. The number of hydrogen-bond donors (Lipinski definition) is 0. The highest BCUT2D eigenvalue weighted by Gasteiger charge is 2.36. The average Bonchev–Trinajstić information content (AvgIpc) is 3.37. The van der Waals surface area contributed by atoms with Crippen LogP contribution in [0.2, 0.25) is 5.02 Å². The predicted molar refractivity (Wildman–Crippen MR) is 85.0 cm³/mol. The van der Waals surface area contributed by atoms with Crippen LogP contribution in [0.25, 0.3) is 0 Å². The summed E-state index contributed by atoms with van der Waals surface area (Å²) < 4.78 is 38.2. The summed E-state index contributed by atoms with van der Waals surface area (Å²) in [6.07, 6.45) is -0.0338. The van der Waals surface area contributed by atoms with Gasteiger partial charge < -0.3 is 9.80 Å². The fraction of sp³-hybridized carbons (Fsp3) is 0.625. The SMILES string of the molecule is CN(C(=O)C1CC1)C1CCCN(c2ncc(C(F)(F)F)cc2Cl)C1. The summed E-state index contributed by atoms with van der Waals surface area (Å²) in [5, 5.41) is -0.0124. The molecule has 1 saturated carbocycles. The Labute approximate surface area is 143 Å². The maximum atomic E-state index is 12.7. The molecule has 1 aromatic rings. The van der Waals surface area contributed by atoms with E-state index < -0.39 is 11.7 Å². The molecule has 1 aromatic heterocycles. The molecule has 0 bridgehead atoms. The molecule has 8 heteroatoms. The number of likely N-dealkylation sites (N-methyl/N-ethyl adjacent to an activating group) is 1. The van der Waals surface area contributed by atoms with E-state index in [4.69, 9.17) is 11.6 Å². The summed E-state index contributed by atoms with van der Waals surface area (Å²) in [7, 11) is 1.80. The van der Waals surface area contributed by atoms with Gasteiger partial charge in [0.15, 0.2) is 0 Å².